The van der Waals surface area contributed by atoms with Crippen LogP contribution in [0.1, 0.15) is 67.9 Å². The lowest BCUT2D eigenvalue weighted by atomic mass is 9.87. The van der Waals surface area contributed by atoms with E-state index in [0.717, 1.165) is 15.7 Å². The Morgan fingerprint density at radius 2 is 1.25 bits per heavy atom. The minimum atomic E-state index is -0.808. The van der Waals surface area contributed by atoms with Crippen LogP contribution in [0.2, 0.25) is 0 Å². The third kappa shape index (κ3) is 3.08. The van der Waals surface area contributed by atoms with E-state index in [2.05, 4.69) is 86.6 Å². The van der Waals surface area contributed by atoms with Crippen molar-refractivity contribution in [1.29, 1.82) is 0 Å². The van der Waals surface area contributed by atoms with Gasteiger partial charge in [0.25, 0.3) is 0 Å². The first-order chi connectivity index (χ1) is 9.04. The van der Waals surface area contributed by atoms with E-state index in [-0.39, 0.29) is 5.41 Å². The summed E-state index contributed by atoms with van der Waals surface area (Å²) in [5.41, 5.74) is 1.69. The van der Waals surface area contributed by atoms with E-state index in [0.29, 0.717) is 0 Å². The zero-order valence-corrected chi connectivity index (χ0v) is 15.8. The lowest BCUT2D eigenvalue weighted by molar-refractivity contribution is 0.588. The Morgan fingerprint density at radius 1 is 0.800 bits per heavy atom. The van der Waals surface area contributed by atoms with Crippen molar-refractivity contribution < 1.29 is 0 Å². The molecule has 1 heteroatoms. The summed E-state index contributed by atoms with van der Waals surface area (Å²) in [5.74, 6) is 0. The standard InChI is InChI=1S/C19H34S/c1-14(2)20(15(3)4,16(5)6)18-12-10-11-17(13-18)19(7,8)9/h10-16H,1-9H3. The van der Waals surface area contributed by atoms with Crippen LogP contribution in [-0.2, 0) is 5.41 Å². The maximum Gasteiger partial charge on any atom is -0.00893 e. The third-order valence-corrected chi connectivity index (χ3v) is 10.2. The summed E-state index contributed by atoms with van der Waals surface area (Å²) in [6.07, 6.45) is 0. The van der Waals surface area contributed by atoms with Gasteiger partial charge in [-0.15, -0.1) is 0 Å². The van der Waals surface area contributed by atoms with Gasteiger partial charge < -0.3 is 0 Å². The highest BCUT2D eigenvalue weighted by Crippen LogP contribution is 2.66. The van der Waals surface area contributed by atoms with Crippen LogP contribution in [0.3, 0.4) is 0 Å². The Morgan fingerprint density at radius 3 is 1.60 bits per heavy atom. The first kappa shape index (κ1) is 17.6. The lowest BCUT2D eigenvalue weighted by Gasteiger charge is -2.52. The van der Waals surface area contributed by atoms with Crippen LogP contribution in [0.15, 0.2) is 29.2 Å². The third-order valence-electron chi connectivity index (χ3n) is 4.45. The van der Waals surface area contributed by atoms with Gasteiger partial charge in [-0.05, 0) is 37.7 Å². The fourth-order valence-electron chi connectivity index (χ4n) is 3.63. The summed E-state index contributed by atoms with van der Waals surface area (Å²) in [7, 11) is -0.808. The van der Waals surface area contributed by atoms with Crippen molar-refractivity contribution in [2.75, 3.05) is 0 Å². The van der Waals surface area contributed by atoms with Crippen molar-refractivity contribution in [3.63, 3.8) is 0 Å². The normalized spacial score (nSPS) is 14.4. The van der Waals surface area contributed by atoms with Gasteiger partial charge in [-0.3, -0.25) is 0 Å². The second-order valence-corrected chi connectivity index (χ2v) is 12.5. The Bertz CT molecular complexity index is 414. The first-order valence-electron chi connectivity index (χ1n) is 7.95. The average molecular weight is 295 g/mol. The Balaban J connectivity index is 3.50. The van der Waals surface area contributed by atoms with Gasteiger partial charge in [-0.2, -0.15) is 0 Å². The van der Waals surface area contributed by atoms with Gasteiger partial charge in [-0.25, -0.2) is 10.0 Å². The van der Waals surface area contributed by atoms with Crippen LogP contribution in [-0.4, -0.2) is 15.7 Å². The molecular formula is C19H34S. The highest BCUT2D eigenvalue weighted by molar-refractivity contribution is 8.35. The quantitative estimate of drug-likeness (QED) is 0.605. The number of rotatable bonds is 4. The van der Waals surface area contributed by atoms with Gasteiger partial charge in [0.05, 0.1) is 0 Å². The predicted molar refractivity (Wildman–Crippen MR) is 96.4 cm³/mol. The van der Waals surface area contributed by atoms with Crippen LogP contribution < -0.4 is 0 Å². The van der Waals surface area contributed by atoms with E-state index in [1.165, 1.54) is 5.56 Å². The summed E-state index contributed by atoms with van der Waals surface area (Å²) in [5, 5.41) is 2.16. The molecule has 0 bridgehead atoms. The molecule has 0 unspecified atom stereocenters. The van der Waals surface area contributed by atoms with Crippen LogP contribution in [0.4, 0.5) is 0 Å². The maximum atomic E-state index is 2.50. The SMILES string of the molecule is CC(C)S(c1cccc(C(C)(C)C)c1)(C(C)C)C(C)C. The number of hydrogen-bond acceptors (Lipinski definition) is 0. The molecule has 0 atom stereocenters. The molecule has 0 aliphatic heterocycles. The average Bonchev–Trinajstić information content (AvgIpc) is 2.27. The minimum Gasteiger partial charge on any atom is -0.207 e. The molecule has 0 aromatic heterocycles. The van der Waals surface area contributed by atoms with Crippen LogP contribution >= 0.6 is 10.0 Å². The van der Waals surface area contributed by atoms with Crippen molar-refractivity contribution in [3.8, 4) is 0 Å². The molecule has 0 saturated heterocycles. The van der Waals surface area contributed by atoms with Crippen LogP contribution in [0.25, 0.3) is 0 Å². The van der Waals surface area contributed by atoms with E-state index in [1.54, 1.807) is 4.90 Å². The maximum absolute atomic E-state index is 2.50. The van der Waals surface area contributed by atoms with E-state index < -0.39 is 10.0 Å². The van der Waals surface area contributed by atoms with E-state index in [9.17, 15) is 0 Å². The lowest BCUT2D eigenvalue weighted by Crippen LogP contribution is -2.29. The summed E-state index contributed by atoms with van der Waals surface area (Å²) < 4.78 is 0. The summed E-state index contributed by atoms with van der Waals surface area (Å²) in [6.45, 7) is 21.4. The summed E-state index contributed by atoms with van der Waals surface area (Å²) in [6, 6.07) is 9.43. The molecule has 0 heterocycles. The van der Waals surface area contributed by atoms with Gasteiger partial charge in [0, 0.05) is 0 Å². The van der Waals surface area contributed by atoms with E-state index >= 15 is 0 Å². The zero-order valence-electron chi connectivity index (χ0n) is 14.9. The highest BCUT2D eigenvalue weighted by Gasteiger charge is 2.36. The molecule has 1 rings (SSSR count). The van der Waals surface area contributed by atoms with Crippen molar-refractivity contribution in [3.05, 3.63) is 29.8 Å². The molecule has 0 fully saturated rings. The molecule has 20 heavy (non-hydrogen) atoms. The van der Waals surface area contributed by atoms with Crippen molar-refractivity contribution >= 4 is 10.0 Å². The molecule has 0 saturated carbocycles. The fourth-order valence-corrected chi connectivity index (χ4v) is 9.18. The van der Waals surface area contributed by atoms with E-state index in [1.807, 2.05) is 0 Å². The summed E-state index contributed by atoms with van der Waals surface area (Å²) in [4.78, 5) is 1.60. The zero-order chi connectivity index (χ0) is 15.7. The first-order valence-corrected chi connectivity index (χ1v) is 9.77. The molecule has 1 aromatic carbocycles. The molecule has 0 amide bonds. The second kappa shape index (κ2) is 6.13. The molecular weight excluding hydrogens is 260 g/mol. The van der Waals surface area contributed by atoms with Crippen molar-refractivity contribution in [2.45, 2.75) is 88.4 Å². The van der Waals surface area contributed by atoms with Crippen molar-refractivity contribution in [1.82, 2.24) is 0 Å². The number of benzene rings is 1. The Hall–Kier alpha value is -0.430. The fraction of sp³-hybridized carbons (Fsp3) is 0.684. The van der Waals surface area contributed by atoms with Crippen LogP contribution in [0, 0.1) is 0 Å². The molecule has 116 valence electrons. The number of hydrogen-bond donors (Lipinski definition) is 0. The largest absolute Gasteiger partial charge is 0.207 e. The smallest absolute Gasteiger partial charge is 0.00893 e. The molecule has 0 nitrogen and oxygen atoms in total. The van der Waals surface area contributed by atoms with Gasteiger partial charge >= 0.3 is 0 Å². The molecule has 0 aliphatic carbocycles. The van der Waals surface area contributed by atoms with Gasteiger partial charge in [0.2, 0.25) is 0 Å². The van der Waals surface area contributed by atoms with Gasteiger partial charge in [-0.1, -0.05) is 80.5 Å². The van der Waals surface area contributed by atoms with Crippen molar-refractivity contribution in [2.24, 2.45) is 0 Å². The highest BCUT2D eigenvalue weighted by atomic mass is 32.3. The molecule has 0 N–H and O–H groups in total. The van der Waals surface area contributed by atoms with Gasteiger partial charge in [0.15, 0.2) is 0 Å². The Kier molecular flexibility index (Phi) is 5.40. The summed E-state index contributed by atoms with van der Waals surface area (Å²) >= 11 is 0. The predicted octanol–water partition coefficient (Wildman–Crippen LogP) is 6.37. The second-order valence-electron chi connectivity index (χ2n) is 7.69. The topological polar surface area (TPSA) is 0 Å². The molecule has 0 spiro atoms. The van der Waals surface area contributed by atoms with E-state index in [4.69, 9.17) is 0 Å². The Labute approximate surface area is 128 Å². The molecule has 0 aliphatic rings. The van der Waals surface area contributed by atoms with Gasteiger partial charge in [0.1, 0.15) is 0 Å². The monoisotopic (exact) mass is 294 g/mol. The molecule has 0 radical (unpaired) electrons. The molecule has 1 aromatic rings. The minimum absolute atomic E-state index is 0.228. The van der Waals surface area contributed by atoms with Crippen LogP contribution in [0.5, 0.6) is 0 Å².